The lowest BCUT2D eigenvalue weighted by atomic mass is 10.0. The van der Waals surface area contributed by atoms with Gasteiger partial charge in [-0.25, -0.2) is 4.39 Å². The second-order valence-electron chi connectivity index (χ2n) is 5.37. The molecule has 0 saturated carbocycles. The van der Waals surface area contributed by atoms with E-state index in [0.29, 0.717) is 12.6 Å². The van der Waals surface area contributed by atoms with Crippen LogP contribution in [0.15, 0.2) is 18.2 Å². The summed E-state index contributed by atoms with van der Waals surface area (Å²) in [6, 6.07) is 5.39. The number of aliphatic hydroxyl groups is 1. The molecule has 0 heterocycles. The topological polar surface area (TPSA) is 35.5 Å². The lowest BCUT2D eigenvalue weighted by Crippen LogP contribution is -2.38. The third-order valence-corrected chi connectivity index (χ3v) is 4.00. The molecular formula is C17H29FN2O. The van der Waals surface area contributed by atoms with E-state index in [1.54, 1.807) is 6.07 Å². The molecule has 0 aliphatic carbocycles. The quantitative estimate of drug-likeness (QED) is 0.732. The Balaban J connectivity index is 3.22. The SMILES string of the molecule is CCNC(C)c1cc(F)ccc1N(CCO)C(CC)CC. The molecule has 1 unspecified atom stereocenters. The molecular weight excluding hydrogens is 267 g/mol. The predicted molar refractivity (Wildman–Crippen MR) is 87.3 cm³/mol. The maximum Gasteiger partial charge on any atom is 0.123 e. The van der Waals surface area contributed by atoms with E-state index in [9.17, 15) is 9.50 Å². The van der Waals surface area contributed by atoms with E-state index in [2.05, 4.69) is 24.1 Å². The largest absolute Gasteiger partial charge is 0.395 e. The van der Waals surface area contributed by atoms with Gasteiger partial charge in [-0.1, -0.05) is 20.8 Å². The molecule has 0 spiro atoms. The Bertz CT molecular complexity index is 421. The lowest BCUT2D eigenvalue weighted by molar-refractivity contribution is 0.295. The lowest BCUT2D eigenvalue weighted by Gasteiger charge is -2.35. The first-order valence-electron chi connectivity index (χ1n) is 7.99. The molecule has 120 valence electrons. The minimum absolute atomic E-state index is 0.0799. The normalized spacial score (nSPS) is 12.7. The summed E-state index contributed by atoms with van der Waals surface area (Å²) in [5.74, 6) is -0.216. The van der Waals surface area contributed by atoms with Gasteiger partial charge in [0.1, 0.15) is 5.82 Å². The molecule has 0 fully saturated rings. The molecule has 1 aromatic rings. The number of halogens is 1. The zero-order valence-corrected chi connectivity index (χ0v) is 13.7. The van der Waals surface area contributed by atoms with E-state index >= 15 is 0 Å². The minimum Gasteiger partial charge on any atom is -0.395 e. The van der Waals surface area contributed by atoms with Crippen LogP contribution in [0.5, 0.6) is 0 Å². The third kappa shape index (κ3) is 4.68. The number of rotatable bonds is 9. The van der Waals surface area contributed by atoms with Crippen LogP contribution in [0, 0.1) is 5.82 Å². The van der Waals surface area contributed by atoms with Crippen LogP contribution in [0.1, 0.15) is 52.1 Å². The van der Waals surface area contributed by atoms with Crippen molar-refractivity contribution in [3.63, 3.8) is 0 Å². The minimum atomic E-state index is -0.216. The van der Waals surface area contributed by atoms with Crippen LogP contribution in [-0.2, 0) is 0 Å². The molecule has 3 nitrogen and oxygen atoms in total. The van der Waals surface area contributed by atoms with E-state index in [-0.39, 0.29) is 18.5 Å². The van der Waals surface area contributed by atoms with Gasteiger partial charge in [-0.3, -0.25) is 0 Å². The zero-order valence-electron chi connectivity index (χ0n) is 13.7. The molecule has 0 amide bonds. The standard InChI is InChI=1S/C17H29FN2O/c1-5-15(6-2)20(10-11-21)17-9-8-14(18)12-16(17)13(4)19-7-3/h8-9,12-13,15,19,21H,5-7,10-11H2,1-4H3. The van der Waals surface area contributed by atoms with Gasteiger partial charge >= 0.3 is 0 Å². The summed E-state index contributed by atoms with van der Waals surface area (Å²) in [5.41, 5.74) is 1.98. The van der Waals surface area contributed by atoms with Gasteiger partial charge in [0.2, 0.25) is 0 Å². The van der Waals surface area contributed by atoms with Gasteiger partial charge in [-0.2, -0.15) is 0 Å². The van der Waals surface area contributed by atoms with E-state index in [1.165, 1.54) is 6.07 Å². The number of anilines is 1. The number of nitrogens with one attached hydrogen (secondary N) is 1. The van der Waals surface area contributed by atoms with Crippen molar-refractivity contribution in [3.8, 4) is 0 Å². The molecule has 1 aromatic carbocycles. The first-order chi connectivity index (χ1) is 10.1. The van der Waals surface area contributed by atoms with Crippen molar-refractivity contribution in [2.24, 2.45) is 0 Å². The van der Waals surface area contributed by atoms with Crippen molar-refractivity contribution < 1.29 is 9.50 Å². The highest BCUT2D eigenvalue weighted by Gasteiger charge is 2.20. The van der Waals surface area contributed by atoms with Gasteiger partial charge in [0, 0.05) is 24.3 Å². The highest BCUT2D eigenvalue weighted by Crippen LogP contribution is 2.30. The number of benzene rings is 1. The van der Waals surface area contributed by atoms with E-state index in [4.69, 9.17) is 0 Å². The fourth-order valence-corrected chi connectivity index (χ4v) is 2.89. The molecule has 4 heteroatoms. The summed E-state index contributed by atoms with van der Waals surface area (Å²) in [6.07, 6.45) is 2.01. The van der Waals surface area contributed by atoms with Crippen molar-refractivity contribution in [2.45, 2.75) is 52.6 Å². The Morgan fingerprint density at radius 2 is 1.90 bits per heavy atom. The Kier molecular flexibility index (Phi) is 7.68. The van der Waals surface area contributed by atoms with Crippen LogP contribution in [0.4, 0.5) is 10.1 Å². The van der Waals surface area contributed by atoms with Crippen molar-refractivity contribution in [1.82, 2.24) is 5.32 Å². The summed E-state index contributed by atoms with van der Waals surface area (Å²) in [4.78, 5) is 2.21. The summed E-state index contributed by atoms with van der Waals surface area (Å²) in [5, 5.41) is 12.7. The van der Waals surface area contributed by atoms with Gasteiger partial charge in [0.15, 0.2) is 0 Å². The second-order valence-corrected chi connectivity index (χ2v) is 5.37. The highest BCUT2D eigenvalue weighted by molar-refractivity contribution is 5.56. The van der Waals surface area contributed by atoms with Gasteiger partial charge in [-0.05, 0) is 50.1 Å². The summed E-state index contributed by atoms with van der Waals surface area (Å²) >= 11 is 0. The summed E-state index contributed by atoms with van der Waals surface area (Å²) in [6.45, 7) is 9.90. The summed E-state index contributed by atoms with van der Waals surface area (Å²) in [7, 11) is 0. The van der Waals surface area contributed by atoms with Crippen LogP contribution in [-0.4, -0.2) is 30.8 Å². The second kappa shape index (κ2) is 9.00. The maximum atomic E-state index is 13.7. The van der Waals surface area contributed by atoms with Gasteiger partial charge in [0.25, 0.3) is 0 Å². The van der Waals surface area contributed by atoms with Crippen LogP contribution >= 0.6 is 0 Å². The monoisotopic (exact) mass is 296 g/mol. The molecule has 0 radical (unpaired) electrons. The molecule has 2 N–H and O–H groups in total. The van der Waals surface area contributed by atoms with Gasteiger partial charge < -0.3 is 15.3 Å². The molecule has 0 saturated heterocycles. The fourth-order valence-electron chi connectivity index (χ4n) is 2.89. The molecule has 0 aliphatic heterocycles. The van der Waals surface area contributed by atoms with Crippen LogP contribution in [0.2, 0.25) is 0 Å². The first-order valence-corrected chi connectivity index (χ1v) is 7.99. The molecule has 0 aliphatic rings. The first kappa shape index (κ1) is 17.9. The van der Waals surface area contributed by atoms with Crippen molar-refractivity contribution in [3.05, 3.63) is 29.6 Å². The van der Waals surface area contributed by atoms with Gasteiger partial charge in [0.05, 0.1) is 6.61 Å². The molecule has 0 bridgehead atoms. The predicted octanol–water partition coefficient (Wildman–Crippen LogP) is 3.48. The Labute approximate surface area is 128 Å². The molecule has 0 aromatic heterocycles. The smallest absolute Gasteiger partial charge is 0.123 e. The average Bonchev–Trinajstić information content (AvgIpc) is 2.48. The molecule has 1 rings (SSSR count). The number of aliphatic hydroxyl groups excluding tert-OH is 1. The number of nitrogens with zero attached hydrogens (tertiary/aromatic N) is 1. The van der Waals surface area contributed by atoms with E-state index in [1.807, 2.05) is 19.9 Å². The Morgan fingerprint density at radius 3 is 2.43 bits per heavy atom. The van der Waals surface area contributed by atoms with Crippen LogP contribution < -0.4 is 10.2 Å². The van der Waals surface area contributed by atoms with Crippen molar-refractivity contribution in [1.29, 1.82) is 0 Å². The molecule has 21 heavy (non-hydrogen) atoms. The van der Waals surface area contributed by atoms with Crippen molar-refractivity contribution >= 4 is 5.69 Å². The highest BCUT2D eigenvalue weighted by atomic mass is 19.1. The number of hydrogen-bond acceptors (Lipinski definition) is 3. The third-order valence-electron chi connectivity index (χ3n) is 4.00. The van der Waals surface area contributed by atoms with E-state index < -0.39 is 0 Å². The van der Waals surface area contributed by atoms with E-state index in [0.717, 1.165) is 30.6 Å². The summed E-state index contributed by atoms with van der Waals surface area (Å²) < 4.78 is 13.7. The zero-order chi connectivity index (χ0) is 15.8. The fraction of sp³-hybridized carbons (Fsp3) is 0.647. The maximum absolute atomic E-state index is 13.7. The van der Waals surface area contributed by atoms with Crippen molar-refractivity contribution in [2.75, 3.05) is 24.6 Å². The van der Waals surface area contributed by atoms with Crippen LogP contribution in [0.25, 0.3) is 0 Å². The number of hydrogen-bond donors (Lipinski definition) is 2. The Morgan fingerprint density at radius 1 is 1.24 bits per heavy atom. The van der Waals surface area contributed by atoms with Crippen LogP contribution in [0.3, 0.4) is 0 Å². The average molecular weight is 296 g/mol. The molecule has 1 atom stereocenters. The van der Waals surface area contributed by atoms with Gasteiger partial charge in [-0.15, -0.1) is 0 Å². The Hall–Kier alpha value is -1.13.